The van der Waals surface area contributed by atoms with E-state index in [0.29, 0.717) is 34.0 Å². The summed E-state index contributed by atoms with van der Waals surface area (Å²) in [4.78, 5) is 12.7. The van der Waals surface area contributed by atoms with Crippen molar-refractivity contribution in [3.8, 4) is 34.3 Å². The van der Waals surface area contributed by atoms with Gasteiger partial charge in [0.1, 0.15) is 22.5 Å². The zero-order chi connectivity index (χ0) is 18.1. The quantitative estimate of drug-likeness (QED) is 0.519. The van der Waals surface area contributed by atoms with Gasteiger partial charge in [0.25, 0.3) is 0 Å². The Bertz CT molecular complexity index is 1010. The Labute approximate surface area is 186 Å². The van der Waals surface area contributed by atoms with Crippen LogP contribution in [0.4, 0.5) is 0 Å². The molecule has 0 aliphatic carbocycles. The smallest absolute Gasteiger partial charge is 0.204 e. The Morgan fingerprint density at radius 3 is 2.23 bits per heavy atom. The zero-order valence-corrected chi connectivity index (χ0v) is 19.7. The predicted octanol–water partition coefficient (Wildman–Crippen LogP) is 3.50. The van der Waals surface area contributed by atoms with Crippen molar-refractivity contribution in [2.24, 2.45) is 0 Å². The molecular weight excluding hydrogens is 551 g/mol. The molecule has 0 saturated carbocycles. The molecule has 133 valence electrons. The van der Waals surface area contributed by atoms with Crippen LogP contribution in [-0.4, -0.2) is 26.4 Å². The molecule has 0 fully saturated rings. The SMILES string of the molecule is COc1cc2oc(-c3ccc(O)c(C)c3)cc(=O)c2c(OC)c1OC.[Ac]. The summed E-state index contributed by atoms with van der Waals surface area (Å²) in [6, 6.07) is 7.98. The summed E-state index contributed by atoms with van der Waals surface area (Å²) in [5.74, 6) is 1.56. The molecule has 0 aliphatic heterocycles. The maximum Gasteiger partial charge on any atom is 0.204 e. The van der Waals surface area contributed by atoms with Crippen LogP contribution in [0, 0.1) is 51.0 Å². The van der Waals surface area contributed by atoms with Gasteiger partial charge in [0.15, 0.2) is 16.9 Å². The van der Waals surface area contributed by atoms with Gasteiger partial charge >= 0.3 is 0 Å². The molecule has 3 rings (SSSR count). The second kappa shape index (κ2) is 8.32. The molecule has 26 heavy (non-hydrogen) atoms. The third-order valence-corrected chi connectivity index (χ3v) is 4.00. The van der Waals surface area contributed by atoms with Gasteiger partial charge in [-0.15, -0.1) is 0 Å². The van der Waals surface area contributed by atoms with Crippen molar-refractivity contribution in [1.29, 1.82) is 0 Å². The van der Waals surface area contributed by atoms with Gasteiger partial charge in [-0.05, 0) is 30.7 Å². The summed E-state index contributed by atoms with van der Waals surface area (Å²) in [6.07, 6.45) is 0. The van der Waals surface area contributed by atoms with E-state index < -0.39 is 0 Å². The van der Waals surface area contributed by atoms with Crippen molar-refractivity contribution in [3.63, 3.8) is 0 Å². The summed E-state index contributed by atoms with van der Waals surface area (Å²) in [5, 5.41) is 9.95. The molecule has 7 heteroatoms. The van der Waals surface area contributed by atoms with Crippen molar-refractivity contribution in [2.45, 2.75) is 6.92 Å². The Morgan fingerprint density at radius 1 is 0.962 bits per heavy atom. The first-order valence-corrected chi connectivity index (χ1v) is 7.57. The van der Waals surface area contributed by atoms with Crippen LogP contribution in [0.5, 0.6) is 23.0 Å². The fourth-order valence-electron chi connectivity index (χ4n) is 2.74. The van der Waals surface area contributed by atoms with Crippen LogP contribution in [0.1, 0.15) is 5.56 Å². The van der Waals surface area contributed by atoms with E-state index in [0.717, 1.165) is 0 Å². The van der Waals surface area contributed by atoms with Gasteiger partial charge in [-0.2, -0.15) is 0 Å². The van der Waals surface area contributed by atoms with E-state index in [4.69, 9.17) is 18.6 Å². The van der Waals surface area contributed by atoms with Gasteiger partial charge in [0.05, 0.1) is 21.3 Å². The zero-order valence-electron chi connectivity index (χ0n) is 15.0. The van der Waals surface area contributed by atoms with Crippen molar-refractivity contribution in [3.05, 3.63) is 46.1 Å². The molecule has 0 saturated heterocycles. The van der Waals surface area contributed by atoms with Gasteiger partial charge in [-0.25, -0.2) is 0 Å². The maximum absolute atomic E-state index is 12.7. The number of ether oxygens (including phenoxy) is 3. The Balaban J connectivity index is 0.00000243. The van der Waals surface area contributed by atoms with Gasteiger partial charge < -0.3 is 23.7 Å². The molecular formula is C19H18AcO6. The van der Waals surface area contributed by atoms with E-state index in [1.165, 1.54) is 27.4 Å². The summed E-state index contributed by atoms with van der Waals surface area (Å²) in [7, 11) is 4.42. The number of hydrogen-bond acceptors (Lipinski definition) is 6. The monoisotopic (exact) mass is 569 g/mol. The van der Waals surface area contributed by atoms with E-state index in [2.05, 4.69) is 0 Å². The minimum atomic E-state index is -0.264. The number of methoxy groups -OCH3 is 3. The van der Waals surface area contributed by atoms with Gasteiger partial charge in [-0.3, -0.25) is 4.79 Å². The molecule has 0 aliphatic rings. The number of hydrogen-bond donors (Lipinski definition) is 1. The van der Waals surface area contributed by atoms with E-state index >= 15 is 0 Å². The van der Waals surface area contributed by atoms with Gasteiger partial charge in [-0.1, -0.05) is 0 Å². The largest absolute Gasteiger partial charge is 0.508 e. The van der Waals surface area contributed by atoms with Gasteiger partial charge in [0, 0.05) is 61.8 Å². The fourth-order valence-corrected chi connectivity index (χ4v) is 2.74. The van der Waals surface area contributed by atoms with Crippen LogP contribution in [-0.2, 0) is 0 Å². The third kappa shape index (κ3) is 3.56. The first kappa shape index (κ1) is 20.6. The molecule has 1 radical (unpaired) electrons. The minimum absolute atomic E-state index is 0. The minimum Gasteiger partial charge on any atom is -0.508 e. The number of aryl methyl sites for hydroxylation is 1. The number of phenolic OH excluding ortho intramolecular Hbond substituents is 1. The number of rotatable bonds is 4. The molecule has 0 bridgehead atoms. The second-order valence-electron chi connectivity index (χ2n) is 5.49. The van der Waals surface area contributed by atoms with Crippen LogP contribution in [0.2, 0.25) is 0 Å². The first-order chi connectivity index (χ1) is 12.0. The van der Waals surface area contributed by atoms with E-state index in [9.17, 15) is 9.90 Å². The molecule has 0 spiro atoms. The van der Waals surface area contributed by atoms with E-state index in [1.807, 2.05) is 0 Å². The van der Waals surface area contributed by atoms with Crippen molar-refractivity contribution < 1.29 is 67.8 Å². The molecule has 1 aromatic heterocycles. The standard InChI is InChI=1S/C19H18O6.Ac/c1-10-7-11(5-6-12(10)20)14-8-13(21)17-15(25-14)9-16(22-2)18(23-3)19(17)24-4;/h5-9,20H,1-4H3;. The number of fused-ring (bicyclic) bond motifs is 1. The van der Waals surface area contributed by atoms with Crippen molar-refractivity contribution in [1.82, 2.24) is 0 Å². The van der Waals surface area contributed by atoms with Crippen LogP contribution in [0.25, 0.3) is 22.3 Å². The summed E-state index contributed by atoms with van der Waals surface area (Å²) in [6.45, 7) is 1.77. The summed E-state index contributed by atoms with van der Waals surface area (Å²) < 4.78 is 21.9. The number of benzene rings is 2. The molecule has 1 N–H and O–H groups in total. The maximum atomic E-state index is 12.7. The predicted molar refractivity (Wildman–Crippen MR) is 94.0 cm³/mol. The van der Waals surface area contributed by atoms with Crippen molar-refractivity contribution >= 4 is 11.0 Å². The molecule has 6 nitrogen and oxygen atoms in total. The van der Waals surface area contributed by atoms with E-state index in [1.54, 1.807) is 31.2 Å². The molecule has 3 aromatic rings. The first-order valence-electron chi connectivity index (χ1n) is 7.57. The average Bonchev–Trinajstić information content (AvgIpc) is 2.61. The molecule has 0 amide bonds. The van der Waals surface area contributed by atoms with Crippen molar-refractivity contribution in [2.75, 3.05) is 21.3 Å². The molecule has 1 heterocycles. The normalized spacial score (nSPS) is 10.3. The Hall–Kier alpha value is -1.71. The third-order valence-electron chi connectivity index (χ3n) is 4.00. The van der Waals surface area contributed by atoms with Crippen LogP contribution in [0.3, 0.4) is 0 Å². The van der Waals surface area contributed by atoms with Crippen LogP contribution < -0.4 is 19.6 Å². The van der Waals surface area contributed by atoms with E-state index in [-0.39, 0.29) is 66.4 Å². The van der Waals surface area contributed by atoms with Crippen LogP contribution in [0.15, 0.2) is 39.5 Å². The van der Waals surface area contributed by atoms with Crippen LogP contribution >= 0.6 is 0 Å². The average molecular weight is 569 g/mol. The van der Waals surface area contributed by atoms with Gasteiger partial charge in [0.2, 0.25) is 5.75 Å². The fraction of sp³-hybridized carbons (Fsp3) is 0.211. The summed E-state index contributed by atoms with van der Waals surface area (Å²) >= 11 is 0. The Kier molecular flexibility index (Phi) is 6.59. The molecule has 0 atom stereocenters. The second-order valence-corrected chi connectivity index (χ2v) is 5.49. The number of phenols is 1. The molecule has 2 aromatic carbocycles. The number of aromatic hydroxyl groups is 1. The Morgan fingerprint density at radius 2 is 1.65 bits per heavy atom. The summed E-state index contributed by atoms with van der Waals surface area (Å²) in [5.41, 5.74) is 1.43. The molecule has 0 unspecified atom stereocenters. The topological polar surface area (TPSA) is 78.1 Å².